The summed E-state index contributed by atoms with van der Waals surface area (Å²) >= 11 is 2.14. The van der Waals surface area contributed by atoms with Crippen molar-refractivity contribution in [3.63, 3.8) is 0 Å². The molecule has 1 aromatic rings. The van der Waals surface area contributed by atoms with Crippen LogP contribution in [-0.4, -0.2) is 55.2 Å². The van der Waals surface area contributed by atoms with Crippen molar-refractivity contribution in [2.45, 2.75) is 17.5 Å². The van der Waals surface area contributed by atoms with E-state index in [1.807, 2.05) is 0 Å². The Kier molecular flexibility index (Phi) is 5.28. The molecule has 1 fully saturated rings. The minimum absolute atomic E-state index is 0.0187. The Morgan fingerprint density at radius 3 is 2.50 bits per heavy atom. The zero-order valence-corrected chi connectivity index (χ0v) is 14.9. The standard InChI is InChI=1S/C16H16N2O6S2/c17-8(14(21)22)6-25-16-10(15(23)24)18-12(20)9(13(18)26-16)11(19)7-4-2-1-3-5-7/h1-5,8-9,11,13,19H,6,17H2,(H,21,22)(H,23,24)/t8-,9?,11?,13-/m1/s1. The van der Waals surface area contributed by atoms with Crippen molar-refractivity contribution < 1.29 is 29.7 Å². The fraction of sp³-hybridized carbons (Fsp3) is 0.312. The smallest absolute Gasteiger partial charge is 0.354 e. The zero-order chi connectivity index (χ0) is 19.0. The second-order valence-electron chi connectivity index (χ2n) is 5.79. The number of β-lactam (4-membered cyclic amide) rings is 1. The maximum atomic E-state index is 12.5. The van der Waals surface area contributed by atoms with E-state index in [4.69, 9.17) is 10.8 Å². The third kappa shape index (κ3) is 3.20. The second kappa shape index (κ2) is 7.31. The van der Waals surface area contributed by atoms with Gasteiger partial charge in [0, 0.05) is 5.75 Å². The molecule has 2 aliphatic rings. The van der Waals surface area contributed by atoms with E-state index in [0.717, 1.165) is 28.4 Å². The van der Waals surface area contributed by atoms with Gasteiger partial charge in [-0.15, -0.1) is 11.8 Å². The molecule has 5 N–H and O–H groups in total. The molecule has 138 valence electrons. The first-order valence-corrected chi connectivity index (χ1v) is 9.51. The van der Waals surface area contributed by atoms with E-state index in [1.165, 1.54) is 0 Å². The molecule has 2 aliphatic heterocycles. The summed E-state index contributed by atoms with van der Waals surface area (Å²) in [5.41, 5.74) is 5.86. The number of carbonyl (C=O) groups excluding carboxylic acids is 1. The summed E-state index contributed by atoms with van der Waals surface area (Å²) in [7, 11) is 0. The highest BCUT2D eigenvalue weighted by atomic mass is 32.2. The second-order valence-corrected chi connectivity index (χ2v) is 8.21. The number of benzene rings is 1. The molecule has 1 aromatic carbocycles. The van der Waals surface area contributed by atoms with E-state index < -0.39 is 41.3 Å². The highest BCUT2D eigenvalue weighted by Gasteiger charge is 2.58. The summed E-state index contributed by atoms with van der Waals surface area (Å²) in [6.45, 7) is 0. The van der Waals surface area contributed by atoms with Crippen LogP contribution in [0.1, 0.15) is 11.7 Å². The number of carboxylic acids is 2. The monoisotopic (exact) mass is 396 g/mol. The molecule has 0 radical (unpaired) electrons. The minimum atomic E-state index is -1.27. The van der Waals surface area contributed by atoms with Gasteiger partial charge in [-0.1, -0.05) is 42.1 Å². The lowest BCUT2D eigenvalue weighted by atomic mass is 9.87. The van der Waals surface area contributed by atoms with Crippen LogP contribution in [0.3, 0.4) is 0 Å². The van der Waals surface area contributed by atoms with Crippen LogP contribution >= 0.6 is 23.5 Å². The molecular weight excluding hydrogens is 380 g/mol. The first-order valence-electron chi connectivity index (χ1n) is 7.64. The zero-order valence-electron chi connectivity index (χ0n) is 13.3. The predicted octanol–water partition coefficient (Wildman–Crippen LogP) is 0.650. The van der Waals surface area contributed by atoms with E-state index >= 15 is 0 Å². The third-order valence-electron chi connectivity index (χ3n) is 4.14. The molecule has 0 bridgehead atoms. The van der Waals surface area contributed by atoms with Gasteiger partial charge in [-0.3, -0.25) is 14.5 Å². The number of amides is 1. The molecule has 10 heteroatoms. The largest absolute Gasteiger partial charge is 0.480 e. The summed E-state index contributed by atoms with van der Waals surface area (Å²) < 4.78 is 0.329. The summed E-state index contributed by atoms with van der Waals surface area (Å²) in [4.78, 5) is 36.1. The van der Waals surface area contributed by atoms with Crippen molar-refractivity contribution in [3.8, 4) is 0 Å². The van der Waals surface area contributed by atoms with Gasteiger partial charge in [-0.25, -0.2) is 4.79 Å². The molecule has 26 heavy (non-hydrogen) atoms. The number of hydrogen-bond donors (Lipinski definition) is 4. The first-order chi connectivity index (χ1) is 12.3. The molecule has 0 saturated carbocycles. The lowest BCUT2D eigenvalue weighted by Gasteiger charge is -2.44. The van der Waals surface area contributed by atoms with Gasteiger partial charge >= 0.3 is 11.9 Å². The number of hydrogen-bond acceptors (Lipinski definition) is 7. The molecule has 4 atom stereocenters. The van der Waals surface area contributed by atoms with Crippen LogP contribution in [0.2, 0.25) is 0 Å². The van der Waals surface area contributed by atoms with Gasteiger partial charge in [0.25, 0.3) is 0 Å². The highest BCUT2D eigenvalue weighted by molar-refractivity contribution is 8.22. The summed E-state index contributed by atoms with van der Waals surface area (Å²) in [5.74, 6) is -3.70. The van der Waals surface area contributed by atoms with Crippen LogP contribution in [0, 0.1) is 5.92 Å². The van der Waals surface area contributed by atoms with Crippen LogP contribution in [0.4, 0.5) is 0 Å². The van der Waals surface area contributed by atoms with Crippen molar-refractivity contribution in [1.29, 1.82) is 0 Å². The Balaban J connectivity index is 1.78. The van der Waals surface area contributed by atoms with Crippen molar-refractivity contribution in [2.24, 2.45) is 11.7 Å². The molecule has 0 aliphatic carbocycles. The topological polar surface area (TPSA) is 141 Å². The molecule has 2 unspecified atom stereocenters. The van der Waals surface area contributed by atoms with Crippen molar-refractivity contribution in [2.75, 3.05) is 5.75 Å². The summed E-state index contributed by atoms with van der Waals surface area (Å²) in [5, 5.41) is 28.3. The van der Waals surface area contributed by atoms with Crippen LogP contribution < -0.4 is 5.73 Å². The van der Waals surface area contributed by atoms with E-state index in [-0.39, 0.29) is 11.4 Å². The molecule has 8 nitrogen and oxygen atoms in total. The predicted molar refractivity (Wildman–Crippen MR) is 95.8 cm³/mol. The number of nitrogens with zero attached hydrogens (tertiary/aromatic N) is 1. The average molecular weight is 396 g/mol. The Morgan fingerprint density at radius 2 is 1.92 bits per heavy atom. The van der Waals surface area contributed by atoms with Gasteiger partial charge < -0.3 is 21.1 Å². The van der Waals surface area contributed by atoms with E-state index in [2.05, 4.69) is 0 Å². The third-order valence-corrected chi connectivity index (χ3v) is 6.92. The number of fused-ring (bicyclic) bond motifs is 1. The molecule has 0 spiro atoms. The number of nitrogens with two attached hydrogens (primary N) is 1. The first kappa shape index (κ1) is 18.8. The Hall–Kier alpha value is -2.01. The number of aliphatic carboxylic acids is 2. The fourth-order valence-electron chi connectivity index (χ4n) is 2.79. The van der Waals surface area contributed by atoms with Gasteiger partial charge in [-0.2, -0.15) is 0 Å². The number of aliphatic hydroxyl groups excluding tert-OH is 1. The Morgan fingerprint density at radius 1 is 1.27 bits per heavy atom. The van der Waals surface area contributed by atoms with Gasteiger partial charge in [0.15, 0.2) is 5.70 Å². The molecule has 1 saturated heterocycles. The quantitative estimate of drug-likeness (QED) is 0.489. The van der Waals surface area contributed by atoms with Crippen molar-refractivity contribution >= 4 is 41.4 Å². The van der Waals surface area contributed by atoms with Crippen LogP contribution in [0.25, 0.3) is 0 Å². The van der Waals surface area contributed by atoms with Gasteiger partial charge in [0.2, 0.25) is 5.91 Å². The molecule has 0 aromatic heterocycles. The van der Waals surface area contributed by atoms with Gasteiger partial charge in [0.05, 0.1) is 16.3 Å². The van der Waals surface area contributed by atoms with Crippen molar-refractivity contribution in [3.05, 3.63) is 45.8 Å². The van der Waals surface area contributed by atoms with E-state index in [1.54, 1.807) is 30.3 Å². The maximum Gasteiger partial charge on any atom is 0.354 e. The lowest BCUT2D eigenvalue weighted by Crippen LogP contribution is -2.59. The van der Waals surface area contributed by atoms with Crippen LogP contribution in [0.5, 0.6) is 0 Å². The summed E-state index contributed by atoms with van der Waals surface area (Å²) in [6.07, 6.45) is -1.04. The Labute approximate surface area is 157 Å². The SMILES string of the molecule is N[C@H](CSC1=C(C(=O)O)N2C(=O)C(C(O)c3ccccc3)[C@H]2S1)C(=O)O. The molecule has 2 heterocycles. The van der Waals surface area contributed by atoms with Crippen LogP contribution in [0.15, 0.2) is 40.3 Å². The number of rotatable bonds is 7. The number of carbonyl (C=O) groups is 3. The molecular formula is C16H16N2O6S2. The maximum absolute atomic E-state index is 12.5. The van der Waals surface area contributed by atoms with Crippen molar-refractivity contribution in [1.82, 2.24) is 4.90 Å². The number of carboxylic acid groups (broad SMARTS) is 2. The van der Waals surface area contributed by atoms with Gasteiger partial charge in [0.1, 0.15) is 11.4 Å². The lowest BCUT2D eigenvalue weighted by molar-refractivity contribution is -0.157. The molecule has 3 rings (SSSR count). The Bertz CT molecular complexity index is 784. The molecule has 1 amide bonds. The van der Waals surface area contributed by atoms with E-state index in [0.29, 0.717) is 9.80 Å². The normalized spacial score (nSPS) is 24.1. The van der Waals surface area contributed by atoms with Gasteiger partial charge in [-0.05, 0) is 5.56 Å². The van der Waals surface area contributed by atoms with Crippen LogP contribution in [-0.2, 0) is 14.4 Å². The summed E-state index contributed by atoms with van der Waals surface area (Å²) in [6, 6.07) is 7.55. The minimum Gasteiger partial charge on any atom is -0.480 e. The highest BCUT2D eigenvalue weighted by Crippen LogP contribution is 2.55. The fourth-order valence-corrected chi connectivity index (χ4v) is 5.60. The number of aliphatic hydroxyl groups is 1. The van der Waals surface area contributed by atoms with E-state index in [9.17, 15) is 24.6 Å². The average Bonchev–Trinajstić information content (AvgIpc) is 2.95. The number of thioether (sulfide) groups is 2.